The Hall–Kier alpha value is -1.55. The minimum absolute atomic E-state index is 0.737. The third kappa shape index (κ3) is 2.26. The van der Waals surface area contributed by atoms with Crippen molar-refractivity contribution in [2.45, 2.75) is 33.4 Å². The maximum atomic E-state index is 5.48. The van der Waals surface area contributed by atoms with Crippen LogP contribution >= 0.6 is 0 Å². The van der Waals surface area contributed by atoms with Crippen molar-refractivity contribution >= 4 is 0 Å². The zero-order chi connectivity index (χ0) is 12.3. The minimum atomic E-state index is 0.737. The van der Waals surface area contributed by atoms with Crippen molar-refractivity contribution in [3.63, 3.8) is 0 Å². The van der Waals surface area contributed by atoms with Gasteiger partial charge in [-0.2, -0.15) is 5.10 Å². The predicted molar refractivity (Wildman–Crippen MR) is 67.7 cm³/mol. The van der Waals surface area contributed by atoms with Crippen molar-refractivity contribution in [1.29, 1.82) is 0 Å². The van der Waals surface area contributed by atoms with E-state index >= 15 is 0 Å². The first-order valence-corrected chi connectivity index (χ1v) is 6.01. The molecule has 0 amide bonds. The molecule has 4 nitrogen and oxygen atoms in total. The first kappa shape index (κ1) is 11.9. The normalized spacial score (nSPS) is 11.0. The molecule has 0 bridgehead atoms. The number of hydrogen-bond acceptors (Lipinski definition) is 3. The van der Waals surface area contributed by atoms with Crippen LogP contribution in [0.5, 0.6) is 0 Å². The summed E-state index contributed by atoms with van der Waals surface area (Å²) in [6.07, 6.45) is 4.75. The van der Waals surface area contributed by atoms with Crippen LogP contribution in [0.3, 0.4) is 0 Å². The molecule has 2 aromatic rings. The van der Waals surface area contributed by atoms with Crippen LogP contribution in [0.1, 0.15) is 24.8 Å². The molecule has 0 aromatic carbocycles. The first-order chi connectivity index (χ1) is 8.27. The maximum absolute atomic E-state index is 5.48. The van der Waals surface area contributed by atoms with Gasteiger partial charge in [0.1, 0.15) is 5.76 Å². The number of nitrogens with zero attached hydrogens (tertiary/aromatic N) is 2. The van der Waals surface area contributed by atoms with Crippen LogP contribution in [-0.2, 0) is 13.1 Å². The van der Waals surface area contributed by atoms with Crippen LogP contribution in [0.2, 0.25) is 0 Å². The van der Waals surface area contributed by atoms with Gasteiger partial charge in [-0.15, -0.1) is 0 Å². The van der Waals surface area contributed by atoms with Crippen LogP contribution < -0.4 is 5.32 Å². The van der Waals surface area contributed by atoms with Crippen LogP contribution in [0.15, 0.2) is 22.9 Å². The van der Waals surface area contributed by atoms with E-state index in [-0.39, 0.29) is 0 Å². The van der Waals surface area contributed by atoms with Crippen LogP contribution in [0, 0.1) is 6.92 Å². The molecule has 2 heterocycles. The van der Waals surface area contributed by atoms with E-state index < -0.39 is 0 Å². The smallest absolute Gasteiger partial charge is 0.125 e. The molecule has 1 N–H and O–H groups in total. The van der Waals surface area contributed by atoms with Gasteiger partial charge in [0.05, 0.1) is 19.0 Å². The Bertz CT molecular complexity index is 485. The molecule has 0 saturated heterocycles. The van der Waals surface area contributed by atoms with Crippen LogP contribution in [0.4, 0.5) is 0 Å². The average Bonchev–Trinajstić information content (AvgIpc) is 2.89. The highest BCUT2D eigenvalue weighted by Gasteiger charge is 2.13. The van der Waals surface area contributed by atoms with Crippen molar-refractivity contribution in [1.82, 2.24) is 15.1 Å². The van der Waals surface area contributed by atoms with Gasteiger partial charge in [-0.05, 0) is 26.5 Å². The predicted octanol–water partition coefficient (Wildman–Crippen LogP) is 2.58. The summed E-state index contributed by atoms with van der Waals surface area (Å²) in [6, 6.07) is 2.01. The highest BCUT2D eigenvalue weighted by Crippen LogP contribution is 2.27. The van der Waals surface area contributed by atoms with Crippen LogP contribution in [-0.4, -0.2) is 16.8 Å². The number of hydrogen-bond donors (Lipinski definition) is 1. The van der Waals surface area contributed by atoms with Crippen molar-refractivity contribution in [2.75, 3.05) is 7.05 Å². The van der Waals surface area contributed by atoms with Gasteiger partial charge in [0.15, 0.2) is 0 Å². The number of furan rings is 1. The van der Waals surface area contributed by atoms with Crippen molar-refractivity contribution < 1.29 is 4.42 Å². The summed E-state index contributed by atoms with van der Waals surface area (Å²) in [5.41, 5.74) is 3.50. The minimum Gasteiger partial charge on any atom is -0.467 e. The molecule has 0 unspecified atom stereocenters. The Morgan fingerprint density at radius 1 is 1.41 bits per heavy atom. The molecule has 0 aliphatic rings. The van der Waals surface area contributed by atoms with Gasteiger partial charge >= 0.3 is 0 Å². The Morgan fingerprint density at radius 3 is 2.94 bits per heavy atom. The molecule has 0 atom stereocenters. The summed E-state index contributed by atoms with van der Waals surface area (Å²) in [5, 5.41) is 7.53. The van der Waals surface area contributed by atoms with E-state index in [0.29, 0.717) is 0 Å². The molecule has 4 heteroatoms. The van der Waals surface area contributed by atoms with Gasteiger partial charge in [0, 0.05) is 23.4 Å². The molecular weight excluding hydrogens is 214 g/mol. The average molecular weight is 233 g/mol. The highest BCUT2D eigenvalue weighted by molar-refractivity contribution is 5.67. The summed E-state index contributed by atoms with van der Waals surface area (Å²) in [4.78, 5) is 0. The molecule has 0 radical (unpaired) electrons. The topological polar surface area (TPSA) is 43.0 Å². The van der Waals surface area contributed by atoms with E-state index in [1.807, 2.05) is 24.0 Å². The second-order valence-corrected chi connectivity index (χ2v) is 4.15. The van der Waals surface area contributed by atoms with Crippen molar-refractivity contribution in [3.8, 4) is 11.1 Å². The fourth-order valence-electron chi connectivity index (χ4n) is 2.03. The molecule has 2 rings (SSSR count). The summed E-state index contributed by atoms with van der Waals surface area (Å²) in [7, 11) is 1.92. The molecule has 0 aliphatic carbocycles. The number of nitrogens with one attached hydrogen (secondary N) is 1. The van der Waals surface area contributed by atoms with Gasteiger partial charge in [-0.1, -0.05) is 6.92 Å². The number of aromatic nitrogens is 2. The summed E-state index contributed by atoms with van der Waals surface area (Å²) in [6.45, 7) is 5.96. The number of aryl methyl sites for hydroxylation is 1. The third-order valence-corrected chi connectivity index (χ3v) is 2.91. The second kappa shape index (κ2) is 5.19. The van der Waals surface area contributed by atoms with Gasteiger partial charge in [-0.25, -0.2) is 0 Å². The molecule has 0 fully saturated rings. The van der Waals surface area contributed by atoms with Crippen molar-refractivity contribution in [2.24, 2.45) is 0 Å². The van der Waals surface area contributed by atoms with Gasteiger partial charge in [0.2, 0.25) is 0 Å². The quantitative estimate of drug-likeness (QED) is 0.863. The Balaban J connectivity index is 2.35. The highest BCUT2D eigenvalue weighted by atomic mass is 16.3. The maximum Gasteiger partial charge on any atom is 0.125 e. The first-order valence-electron chi connectivity index (χ1n) is 6.01. The fourth-order valence-corrected chi connectivity index (χ4v) is 2.03. The molecule has 2 aromatic heterocycles. The summed E-state index contributed by atoms with van der Waals surface area (Å²) < 4.78 is 7.53. The molecule has 92 valence electrons. The van der Waals surface area contributed by atoms with Gasteiger partial charge in [-0.3, -0.25) is 4.68 Å². The molecule has 0 saturated carbocycles. The van der Waals surface area contributed by atoms with E-state index in [1.165, 1.54) is 5.69 Å². The largest absolute Gasteiger partial charge is 0.467 e. The lowest BCUT2D eigenvalue weighted by atomic mass is 10.1. The van der Waals surface area contributed by atoms with Gasteiger partial charge in [0.25, 0.3) is 0 Å². The van der Waals surface area contributed by atoms with Gasteiger partial charge < -0.3 is 9.73 Å². The molecule has 0 spiro atoms. The standard InChI is InChI=1S/C13H19N3O/c1-4-6-16-10(2)12(8-15-16)11-5-7-17-13(11)9-14-3/h5,7-8,14H,4,6,9H2,1-3H3. The monoisotopic (exact) mass is 233 g/mol. The third-order valence-electron chi connectivity index (χ3n) is 2.91. The lowest BCUT2D eigenvalue weighted by molar-refractivity contribution is 0.496. The van der Waals surface area contributed by atoms with E-state index in [0.717, 1.165) is 36.4 Å². The Morgan fingerprint density at radius 2 is 2.24 bits per heavy atom. The lowest BCUT2D eigenvalue weighted by Gasteiger charge is -2.04. The molecular formula is C13H19N3O. The lowest BCUT2D eigenvalue weighted by Crippen LogP contribution is -2.05. The van der Waals surface area contributed by atoms with E-state index in [2.05, 4.69) is 24.3 Å². The molecule has 0 aliphatic heterocycles. The Labute approximate surface area is 102 Å². The van der Waals surface area contributed by atoms with Crippen LogP contribution in [0.25, 0.3) is 11.1 Å². The molecule has 17 heavy (non-hydrogen) atoms. The fraction of sp³-hybridized carbons (Fsp3) is 0.462. The zero-order valence-electron chi connectivity index (χ0n) is 10.7. The summed E-state index contributed by atoms with van der Waals surface area (Å²) in [5.74, 6) is 0.964. The van der Waals surface area contributed by atoms with Crippen molar-refractivity contribution in [3.05, 3.63) is 30.0 Å². The Kier molecular flexibility index (Phi) is 3.64. The van der Waals surface area contributed by atoms with E-state index in [9.17, 15) is 0 Å². The number of rotatable bonds is 5. The second-order valence-electron chi connectivity index (χ2n) is 4.15. The van der Waals surface area contributed by atoms with E-state index in [4.69, 9.17) is 4.42 Å². The SMILES string of the molecule is CCCn1ncc(-c2ccoc2CNC)c1C. The summed E-state index contributed by atoms with van der Waals surface area (Å²) >= 11 is 0. The van der Waals surface area contributed by atoms with E-state index in [1.54, 1.807) is 6.26 Å². The zero-order valence-corrected chi connectivity index (χ0v) is 10.7.